The number of pyridine rings is 2. The number of aromatic amines is 2. The molecule has 0 aliphatic carbocycles. The first-order chi connectivity index (χ1) is 15.4. The lowest BCUT2D eigenvalue weighted by Gasteiger charge is -2.28. The number of aliphatic hydroxyl groups is 1. The summed E-state index contributed by atoms with van der Waals surface area (Å²) in [4.78, 5) is 26.0. The number of rotatable bonds is 4. The Morgan fingerprint density at radius 1 is 1.00 bits per heavy atom. The van der Waals surface area contributed by atoms with Crippen LogP contribution in [0.15, 0.2) is 64.2 Å². The zero-order valence-electron chi connectivity index (χ0n) is 17.2. The molecule has 0 atom stereocenters. The molecule has 0 radical (unpaired) electrons. The molecule has 4 heterocycles. The van der Waals surface area contributed by atoms with E-state index in [1.165, 1.54) is 6.07 Å². The normalized spacial score (nSPS) is 11.9. The maximum absolute atomic E-state index is 15.6. The second-order valence-electron chi connectivity index (χ2n) is 7.45. The highest BCUT2D eigenvalue weighted by Gasteiger charge is 2.40. The van der Waals surface area contributed by atoms with Crippen LogP contribution in [-0.2, 0) is 5.60 Å². The second kappa shape index (κ2) is 7.24. The van der Waals surface area contributed by atoms with E-state index in [9.17, 15) is 9.90 Å². The van der Waals surface area contributed by atoms with Crippen molar-refractivity contribution in [2.24, 2.45) is 0 Å². The third-order valence-electron chi connectivity index (χ3n) is 5.50. The summed E-state index contributed by atoms with van der Waals surface area (Å²) >= 11 is 0. The zero-order chi connectivity index (χ0) is 22.5. The summed E-state index contributed by atoms with van der Waals surface area (Å²) in [5.74, 6) is -0.260. The molecule has 0 spiro atoms. The summed E-state index contributed by atoms with van der Waals surface area (Å²) in [5, 5.41) is 16.1. The van der Waals surface area contributed by atoms with Crippen molar-refractivity contribution in [3.8, 4) is 11.1 Å². The number of nitrogens with one attached hydrogen (secondary N) is 2. The van der Waals surface area contributed by atoms with Gasteiger partial charge in [0.1, 0.15) is 11.3 Å². The molecule has 9 heteroatoms. The van der Waals surface area contributed by atoms with Crippen molar-refractivity contribution in [2.75, 3.05) is 0 Å². The van der Waals surface area contributed by atoms with Crippen LogP contribution in [-0.4, -0.2) is 30.2 Å². The van der Waals surface area contributed by atoms with Crippen LogP contribution in [0.3, 0.4) is 0 Å². The number of nitrogens with zero attached hydrogens (tertiary/aromatic N) is 3. The zero-order valence-corrected chi connectivity index (χ0v) is 17.2. The van der Waals surface area contributed by atoms with Gasteiger partial charge in [-0.15, -0.1) is 0 Å². The van der Waals surface area contributed by atoms with E-state index in [2.05, 4.69) is 25.1 Å². The van der Waals surface area contributed by atoms with Gasteiger partial charge in [-0.25, -0.2) is 9.18 Å². The minimum atomic E-state index is -1.90. The van der Waals surface area contributed by atoms with Gasteiger partial charge in [0.25, 0.3) is 0 Å². The Labute approximate surface area is 180 Å². The molecule has 1 aromatic carbocycles. The highest BCUT2D eigenvalue weighted by Crippen LogP contribution is 2.41. The second-order valence-corrected chi connectivity index (χ2v) is 7.45. The van der Waals surface area contributed by atoms with Gasteiger partial charge >= 0.3 is 5.69 Å². The van der Waals surface area contributed by atoms with E-state index in [0.717, 1.165) is 0 Å². The summed E-state index contributed by atoms with van der Waals surface area (Å²) in [6.07, 6.45) is 3.08. The predicted molar refractivity (Wildman–Crippen MR) is 114 cm³/mol. The van der Waals surface area contributed by atoms with Gasteiger partial charge in [0.2, 0.25) is 0 Å². The smallest absolute Gasteiger partial charge is 0.323 e. The number of hydrogen-bond donors (Lipinski definition) is 3. The monoisotopic (exact) mass is 431 g/mol. The number of hydrogen-bond acceptors (Lipinski definition) is 6. The standard InChI is InChI=1S/C23H18FN5O3/c1-12-18(13(2)32-29-12)14-11-15(20-21(19(14)24)28-22(30)27-20)23(31,16-7-3-5-9-25-16)17-8-4-6-10-26-17/h3-11,31H,1-2H3,(H2,27,28,30). The molecule has 0 fully saturated rings. The van der Waals surface area contributed by atoms with Crippen molar-refractivity contribution in [2.45, 2.75) is 19.4 Å². The molecule has 5 aromatic rings. The molecular weight excluding hydrogens is 413 g/mol. The van der Waals surface area contributed by atoms with Gasteiger partial charge in [0.15, 0.2) is 11.4 Å². The van der Waals surface area contributed by atoms with Crippen LogP contribution in [0.25, 0.3) is 22.2 Å². The van der Waals surface area contributed by atoms with Crippen LogP contribution in [0.5, 0.6) is 0 Å². The first kappa shape index (κ1) is 19.8. The summed E-state index contributed by atoms with van der Waals surface area (Å²) in [6, 6.07) is 11.7. The van der Waals surface area contributed by atoms with Crippen LogP contribution in [0.4, 0.5) is 4.39 Å². The van der Waals surface area contributed by atoms with Gasteiger partial charge in [-0.2, -0.15) is 0 Å². The van der Waals surface area contributed by atoms with Crippen molar-refractivity contribution in [3.63, 3.8) is 0 Å². The van der Waals surface area contributed by atoms with E-state index in [0.29, 0.717) is 17.0 Å². The molecule has 0 unspecified atom stereocenters. The maximum atomic E-state index is 15.6. The van der Waals surface area contributed by atoms with Crippen LogP contribution < -0.4 is 5.69 Å². The number of halogens is 1. The molecule has 32 heavy (non-hydrogen) atoms. The van der Waals surface area contributed by atoms with Gasteiger partial charge in [-0.3, -0.25) is 9.97 Å². The first-order valence-electron chi connectivity index (χ1n) is 9.85. The molecule has 160 valence electrons. The lowest BCUT2D eigenvalue weighted by Crippen LogP contribution is -2.31. The number of benzene rings is 1. The number of aromatic nitrogens is 5. The molecule has 0 aliphatic rings. The van der Waals surface area contributed by atoms with Gasteiger partial charge in [-0.1, -0.05) is 17.3 Å². The van der Waals surface area contributed by atoms with Crippen molar-refractivity contribution in [1.82, 2.24) is 25.1 Å². The maximum Gasteiger partial charge on any atom is 0.323 e. The molecule has 0 aliphatic heterocycles. The summed E-state index contributed by atoms with van der Waals surface area (Å²) in [7, 11) is 0. The fourth-order valence-corrected chi connectivity index (χ4v) is 4.06. The van der Waals surface area contributed by atoms with Gasteiger partial charge in [0, 0.05) is 23.5 Å². The third kappa shape index (κ3) is 2.86. The van der Waals surface area contributed by atoms with Crippen LogP contribution >= 0.6 is 0 Å². The van der Waals surface area contributed by atoms with E-state index in [4.69, 9.17) is 4.52 Å². The number of imidazole rings is 1. The molecule has 0 amide bonds. The van der Waals surface area contributed by atoms with Crippen LogP contribution in [0.2, 0.25) is 0 Å². The predicted octanol–water partition coefficient (Wildman–Crippen LogP) is 3.34. The van der Waals surface area contributed by atoms with Gasteiger partial charge < -0.3 is 19.6 Å². The molecule has 0 saturated heterocycles. The lowest BCUT2D eigenvalue weighted by molar-refractivity contribution is 0.117. The fraction of sp³-hybridized carbons (Fsp3) is 0.130. The molecule has 4 aromatic heterocycles. The summed E-state index contributed by atoms with van der Waals surface area (Å²) in [6.45, 7) is 3.36. The van der Waals surface area contributed by atoms with E-state index in [1.54, 1.807) is 62.6 Å². The van der Waals surface area contributed by atoms with E-state index in [1.807, 2.05) is 0 Å². The number of fused-ring (bicyclic) bond motifs is 1. The first-order valence-corrected chi connectivity index (χ1v) is 9.85. The third-order valence-corrected chi connectivity index (χ3v) is 5.50. The van der Waals surface area contributed by atoms with Gasteiger partial charge in [0.05, 0.1) is 28.2 Å². The van der Waals surface area contributed by atoms with Crippen molar-refractivity contribution < 1.29 is 14.0 Å². The largest absolute Gasteiger partial charge is 0.373 e. The molecule has 0 saturated carbocycles. The van der Waals surface area contributed by atoms with Crippen LogP contribution in [0.1, 0.15) is 28.4 Å². The fourth-order valence-electron chi connectivity index (χ4n) is 4.06. The van der Waals surface area contributed by atoms with Crippen LogP contribution in [0, 0.1) is 19.7 Å². The number of H-pyrrole nitrogens is 2. The average molecular weight is 431 g/mol. The van der Waals surface area contributed by atoms with Crippen molar-refractivity contribution in [1.29, 1.82) is 0 Å². The highest BCUT2D eigenvalue weighted by molar-refractivity contribution is 5.88. The Balaban J connectivity index is 1.94. The minimum Gasteiger partial charge on any atom is -0.373 e. The average Bonchev–Trinajstić information content (AvgIpc) is 3.37. The molecule has 3 N–H and O–H groups in total. The highest BCUT2D eigenvalue weighted by atomic mass is 19.1. The Bertz CT molecular complexity index is 1430. The van der Waals surface area contributed by atoms with Crippen molar-refractivity contribution in [3.05, 3.63) is 99.6 Å². The summed E-state index contributed by atoms with van der Waals surface area (Å²) < 4.78 is 20.8. The molecular formula is C23H18FN5O3. The Hall–Kier alpha value is -4.11. The van der Waals surface area contributed by atoms with Crippen molar-refractivity contribution >= 4 is 11.0 Å². The number of aryl methyl sites for hydroxylation is 2. The topological polar surface area (TPSA) is 121 Å². The molecule has 5 rings (SSSR count). The van der Waals surface area contributed by atoms with E-state index < -0.39 is 17.1 Å². The Kier molecular flexibility index (Phi) is 4.49. The minimum absolute atomic E-state index is 0.0761. The quantitative estimate of drug-likeness (QED) is 0.401. The Morgan fingerprint density at radius 2 is 1.62 bits per heavy atom. The van der Waals surface area contributed by atoms with E-state index in [-0.39, 0.29) is 33.5 Å². The Morgan fingerprint density at radius 3 is 2.16 bits per heavy atom. The summed E-state index contributed by atoms with van der Waals surface area (Å²) in [5.41, 5.74) is -0.690. The molecule has 0 bridgehead atoms. The molecule has 8 nitrogen and oxygen atoms in total. The van der Waals surface area contributed by atoms with Gasteiger partial charge in [-0.05, 0) is 44.2 Å². The lowest BCUT2D eigenvalue weighted by atomic mass is 9.83. The van der Waals surface area contributed by atoms with E-state index >= 15 is 4.39 Å². The SMILES string of the molecule is Cc1noc(C)c1-c1cc(C(O)(c2ccccn2)c2ccccn2)c2[nH]c(=O)[nH]c2c1F.